The Morgan fingerprint density at radius 1 is 1.00 bits per heavy atom. The molecule has 2 aromatic carbocycles. The molecule has 0 fully saturated rings. The number of benzene rings is 2. The first-order valence-electron chi connectivity index (χ1n) is 8.81. The van der Waals surface area contributed by atoms with Gasteiger partial charge in [-0.2, -0.15) is 0 Å². The molecule has 3 aromatic rings. The van der Waals surface area contributed by atoms with Gasteiger partial charge in [-0.15, -0.1) is 0 Å². The van der Waals surface area contributed by atoms with Gasteiger partial charge in [0, 0.05) is 11.6 Å². The van der Waals surface area contributed by atoms with Crippen LogP contribution in [0.3, 0.4) is 0 Å². The fraction of sp³-hybridized carbons (Fsp3) is 0.130. The number of hydrogen-bond donors (Lipinski definition) is 0. The van der Waals surface area contributed by atoms with E-state index in [0.29, 0.717) is 12.5 Å². The van der Waals surface area contributed by atoms with Crippen LogP contribution >= 0.6 is 0 Å². The van der Waals surface area contributed by atoms with Gasteiger partial charge in [0.25, 0.3) is 0 Å². The van der Waals surface area contributed by atoms with Crippen molar-refractivity contribution in [3.63, 3.8) is 0 Å². The molecule has 0 amide bonds. The lowest BCUT2D eigenvalue weighted by molar-refractivity contribution is -0.137. The molecule has 1 heterocycles. The molecule has 27 heavy (non-hydrogen) atoms. The highest BCUT2D eigenvalue weighted by Crippen LogP contribution is 2.22. The average molecular weight is 359 g/mol. The van der Waals surface area contributed by atoms with Crippen LogP contribution in [0.4, 0.5) is 0 Å². The third-order valence-corrected chi connectivity index (χ3v) is 3.92. The summed E-state index contributed by atoms with van der Waals surface area (Å²) in [6.07, 6.45) is 7.09. The second-order valence-corrected chi connectivity index (χ2v) is 5.91. The van der Waals surface area contributed by atoms with Crippen molar-refractivity contribution in [1.29, 1.82) is 0 Å². The van der Waals surface area contributed by atoms with Crippen LogP contribution in [0.15, 0.2) is 65.1 Å². The molecule has 0 radical (unpaired) electrons. The molecule has 0 unspecified atom stereocenters. The third-order valence-electron chi connectivity index (χ3n) is 3.92. The SMILES string of the molecule is CCOC(=O)C=Cc1ccc(C=Cc2nc(-c3ccccc3)oc2C)cc1. The number of esters is 1. The van der Waals surface area contributed by atoms with E-state index in [2.05, 4.69) is 4.98 Å². The maximum absolute atomic E-state index is 11.3. The van der Waals surface area contributed by atoms with Crippen molar-refractivity contribution < 1.29 is 13.9 Å². The maximum Gasteiger partial charge on any atom is 0.330 e. The molecule has 0 N–H and O–H groups in total. The Bertz CT molecular complexity index is 951. The summed E-state index contributed by atoms with van der Waals surface area (Å²) in [5, 5.41) is 0. The van der Waals surface area contributed by atoms with Gasteiger partial charge in [0.05, 0.1) is 6.61 Å². The van der Waals surface area contributed by atoms with E-state index < -0.39 is 0 Å². The summed E-state index contributed by atoms with van der Waals surface area (Å²) in [4.78, 5) is 15.9. The molecular formula is C23H21NO3. The molecule has 0 atom stereocenters. The molecule has 0 spiro atoms. The molecule has 0 bridgehead atoms. The average Bonchev–Trinajstić information content (AvgIpc) is 3.07. The minimum Gasteiger partial charge on any atom is -0.463 e. The number of nitrogens with zero attached hydrogens (tertiary/aromatic N) is 1. The predicted molar refractivity (Wildman–Crippen MR) is 108 cm³/mol. The minimum absolute atomic E-state index is 0.336. The second-order valence-electron chi connectivity index (χ2n) is 5.91. The molecule has 0 saturated heterocycles. The van der Waals surface area contributed by atoms with Gasteiger partial charge in [0.2, 0.25) is 5.89 Å². The van der Waals surface area contributed by atoms with Crippen LogP contribution in [0.1, 0.15) is 29.5 Å². The van der Waals surface area contributed by atoms with Gasteiger partial charge < -0.3 is 9.15 Å². The van der Waals surface area contributed by atoms with E-state index in [1.807, 2.05) is 73.7 Å². The number of hydrogen-bond acceptors (Lipinski definition) is 4. The van der Waals surface area contributed by atoms with Crippen LogP contribution in [0.25, 0.3) is 29.7 Å². The molecule has 4 nitrogen and oxygen atoms in total. The lowest BCUT2D eigenvalue weighted by atomic mass is 10.1. The van der Waals surface area contributed by atoms with Crippen molar-refractivity contribution in [2.75, 3.05) is 6.61 Å². The molecule has 1 aromatic heterocycles. The monoisotopic (exact) mass is 359 g/mol. The Morgan fingerprint density at radius 2 is 1.67 bits per heavy atom. The second kappa shape index (κ2) is 8.81. The summed E-state index contributed by atoms with van der Waals surface area (Å²) in [5.41, 5.74) is 3.73. The number of carbonyl (C=O) groups excluding carboxylic acids is 1. The van der Waals surface area contributed by atoms with E-state index in [-0.39, 0.29) is 5.97 Å². The van der Waals surface area contributed by atoms with Crippen LogP contribution in [0.5, 0.6) is 0 Å². The number of ether oxygens (including phenoxy) is 1. The Labute approximate surface area is 158 Å². The van der Waals surface area contributed by atoms with Crippen LogP contribution in [-0.2, 0) is 9.53 Å². The highest BCUT2D eigenvalue weighted by Gasteiger charge is 2.08. The Morgan fingerprint density at radius 3 is 2.33 bits per heavy atom. The first-order valence-corrected chi connectivity index (χ1v) is 8.81. The van der Waals surface area contributed by atoms with E-state index in [9.17, 15) is 4.79 Å². The smallest absolute Gasteiger partial charge is 0.330 e. The van der Waals surface area contributed by atoms with E-state index in [4.69, 9.17) is 9.15 Å². The van der Waals surface area contributed by atoms with Crippen molar-refractivity contribution in [2.45, 2.75) is 13.8 Å². The van der Waals surface area contributed by atoms with Crippen molar-refractivity contribution in [2.24, 2.45) is 0 Å². The maximum atomic E-state index is 11.3. The first kappa shape index (κ1) is 18.4. The topological polar surface area (TPSA) is 52.3 Å². The summed E-state index contributed by atoms with van der Waals surface area (Å²) < 4.78 is 10.6. The zero-order valence-electron chi connectivity index (χ0n) is 15.4. The van der Waals surface area contributed by atoms with E-state index in [1.165, 1.54) is 6.08 Å². The number of aryl methyl sites for hydroxylation is 1. The lowest BCUT2D eigenvalue weighted by Crippen LogP contribution is -1.98. The van der Waals surface area contributed by atoms with E-state index >= 15 is 0 Å². The number of oxazole rings is 1. The van der Waals surface area contributed by atoms with Crippen LogP contribution in [0, 0.1) is 6.92 Å². The van der Waals surface area contributed by atoms with Crippen LogP contribution in [-0.4, -0.2) is 17.6 Å². The fourth-order valence-corrected chi connectivity index (χ4v) is 2.52. The largest absolute Gasteiger partial charge is 0.463 e. The van der Waals surface area contributed by atoms with E-state index in [1.54, 1.807) is 13.0 Å². The molecule has 0 aliphatic heterocycles. The standard InChI is InChI=1S/C23H21NO3/c1-3-26-22(25)16-14-19-11-9-18(10-12-19)13-15-21-17(2)27-23(24-21)20-7-5-4-6-8-20/h4-16H,3H2,1-2H3. The third kappa shape index (κ3) is 5.05. The van der Waals surface area contributed by atoms with Crippen molar-refractivity contribution in [3.8, 4) is 11.5 Å². The van der Waals surface area contributed by atoms with Gasteiger partial charge in [-0.3, -0.25) is 0 Å². The molecule has 3 rings (SSSR count). The van der Waals surface area contributed by atoms with Crippen molar-refractivity contribution in [1.82, 2.24) is 4.98 Å². The van der Waals surface area contributed by atoms with Gasteiger partial charge in [-0.25, -0.2) is 9.78 Å². The first-order chi connectivity index (χ1) is 13.2. The van der Waals surface area contributed by atoms with Gasteiger partial charge in [0.15, 0.2) is 0 Å². The summed E-state index contributed by atoms with van der Waals surface area (Å²) in [6, 6.07) is 17.7. The fourth-order valence-electron chi connectivity index (χ4n) is 2.52. The Hall–Kier alpha value is -3.40. The minimum atomic E-state index is -0.336. The summed E-state index contributed by atoms with van der Waals surface area (Å²) >= 11 is 0. The molecular weight excluding hydrogens is 338 g/mol. The van der Waals surface area contributed by atoms with Crippen LogP contribution < -0.4 is 0 Å². The van der Waals surface area contributed by atoms with Gasteiger partial charge >= 0.3 is 5.97 Å². The number of carbonyl (C=O) groups is 1. The quantitative estimate of drug-likeness (QED) is 0.437. The molecule has 0 aliphatic carbocycles. The number of rotatable bonds is 6. The van der Waals surface area contributed by atoms with Gasteiger partial charge in [-0.1, -0.05) is 48.5 Å². The summed E-state index contributed by atoms with van der Waals surface area (Å²) in [6.45, 7) is 4.06. The highest BCUT2D eigenvalue weighted by molar-refractivity contribution is 5.87. The van der Waals surface area contributed by atoms with E-state index in [0.717, 1.165) is 28.1 Å². The predicted octanol–water partition coefficient (Wildman–Crippen LogP) is 5.40. The summed E-state index contributed by atoms with van der Waals surface area (Å²) in [7, 11) is 0. The van der Waals surface area contributed by atoms with Crippen LogP contribution in [0.2, 0.25) is 0 Å². The molecule has 0 aliphatic rings. The molecule has 136 valence electrons. The Balaban J connectivity index is 1.69. The van der Waals surface area contributed by atoms with Crippen molar-refractivity contribution >= 4 is 24.2 Å². The number of aromatic nitrogens is 1. The lowest BCUT2D eigenvalue weighted by Gasteiger charge is -1.97. The molecule has 4 heteroatoms. The zero-order chi connectivity index (χ0) is 19.1. The highest BCUT2D eigenvalue weighted by atomic mass is 16.5. The van der Waals surface area contributed by atoms with Crippen molar-refractivity contribution in [3.05, 3.63) is 83.3 Å². The van der Waals surface area contributed by atoms with Gasteiger partial charge in [-0.05, 0) is 49.3 Å². The summed E-state index contributed by atoms with van der Waals surface area (Å²) in [5.74, 6) is 1.06. The normalized spacial score (nSPS) is 11.3. The van der Waals surface area contributed by atoms with Gasteiger partial charge in [0.1, 0.15) is 11.5 Å². The Kier molecular flexibility index (Phi) is 6.00. The molecule has 0 saturated carbocycles. The zero-order valence-corrected chi connectivity index (χ0v) is 15.4.